The summed E-state index contributed by atoms with van der Waals surface area (Å²) in [4.78, 5) is 4.46. The molecular weight excluding hydrogens is 373 g/mol. The van der Waals surface area contributed by atoms with Gasteiger partial charge in [-0.3, -0.25) is 0 Å². The van der Waals surface area contributed by atoms with E-state index in [1.165, 1.54) is 23.5 Å². The van der Waals surface area contributed by atoms with Crippen LogP contribution in [0.5, 0.6) is 0 Å². The molecule has 0 atom stereocenters. The Labute approximate surface area is 176 Å². The Bertz CT molecular complexity index is 849. The highest BCUT2D eigenvalue weighted by Gasteiger charge is 2.48. The van der Waals surface area contributed by atoms with Crippen LogP contribution in [0.2, 0.25) is 0 Å². The minimum Gasteiger partial charge on any atom is -0.383 e. The molecule has 0 unspecified atom stereocenters. The van der Waals surface area contributed by atoms with Crippen LogP contribution >= 0.6 is 7.26 Å². The van der Waals surface area contributed by atoms with Crippen molar-refractivity contribution in [3.8, 4) is 6.07 Å². The number of hydrogen-bond acceptors (Lipinski definition) is 3. The van der Waals surface area contributed by atoms with Crippen molar-refractivity contribution in [1.29, 1.82) is 5.26 Å². The lowest BCUT2D eigenvalue weighted by molar-refractivity contribution is 0.437. The Balaban J connectivity index is 2.33. The molecule has 1 fully saturated rings. The maximum absolute atomic E-state index is 10.6. The molecule has 0 aromatic heterocycles. The molecule has 0 amide bonds. The van der Waals surface area contributed by atoms with E-state index >= 15 is 0 Å². The highest BCUT2D eigenvalue weighted by atomic mass is 31.2. The molecule has 0 saturated carbocycles. The average Bonchev–Trinajstić information content (AvgIpc) is 3.29. The number of nitriles is 1. The van der Waals surface area contributed by atoms with E-state index < -0.39 is 7.26 Å². The fourth-order valence-corrected chi connectivity index (χ4v) is 8.15. The van der Waals surface area contributed by atoms with Crippen molar-refractivity contribution in [1.82, 2.24) is 9.80 Å². The third-order valence-corrected chi connectivity index (χ3v) is 9.98. The summed E-state index contributed by atoms with van der Waals surface area (Å²) in [6, 6.07) is 24.1. The maximum atomic E-state index is 10.6. The molecule has 3 rings (SSSR count). The Hall–Kier alpha value is -2.56. The van der Waals surface area contributed by atoms with Crippen LogP contribution in [0.3, 0.4) is 0 Å². The number of likely N-dealkylation sites (tertiary alicyclic amines) is 1. The van der Waals surface area contributed by atoms with Crippen LogP contribution < -0.4 is 10.6 Å². The second-order valence-corrected chi connectivity index (χ2v) is 11.3. The fourth-order valence-electron chi connectivity index (χ4n) is 4.15. The lowest BCUT2D eigenvalue weighted by Gasteiger charge is -2.29. The normalized spacial score (nSPS) is 15.3. The summed E-state index contributed by atoms with van der Waals surface area (Å²) in [5, 5.41) is 14.1. The first kappa shape index (κ1) is 21.2. The van der Waals surface area contributed by atoms with Gasteiger partial charge in [-0.25, -0.2) is 0 Å². The number of rotatable bonds is 7. The summed E-state index contributed by atoms with van der Waals surface area (Å²) in [5.41, 5.74) is 1.10. The van der Waals surface area contributed by atoms with Crippen molar-refractivity contribution in [3.05, 3.63) is 84.0 Å². The highest BCUT2D eigenvalue weighted by Crippen LogP contribution is 2.64. The van der Waals surface area contributed by atoms with Gasteiger partial charge in [-0.2, -0.15) is 5.26 Å². The monoisotopic (exact) mass is 404 g/mol. The van der Waals surface area contributed by atoms with Crippen LogP contribution in [0.25, 0.3) is 0 Å². The SMILES string of the molecule is CC[P+](/C(C#N)=C(\C=C\N(C)C)N1CCCC1)(c1ccccc1)c1ccccc1. The lowest BCUT2D eigenvalue weighted by atomic mass is 10.3. The number of allylic oxidation sites excluding steroid dienone is 2. The van der Waals surface area contributed by atoms with Gasteiger partial charge in [-0.05, 0) is 50.1 Å². The van der Waals surface area contributed by atoms with Gasteiger partial charge in [-0.15, -0.1) is 0 Å². The van der Waals surface area contributed by atoms with Crippen molar-refractivity contribution in [2.75, 3.05) is 33.3 Å². The van der Waals surface area contributed by atoms with E-state index in [1.54, 1.807) is 0 Å². The predicted octanol–water partition coefficient (Wildman–Crippen LogP) is 4.58. The Kier molecular flexibility index (Phi) is 7.13. The van der Waals surface area contributed by atoms with Gasteiger partial charge in [0.1, 0.15) is 23.9 Å². The molecule has 0 aliphatic carbocycles. The van der Waals surface area contributed by atoms with Gasteiger partial charge < -0.3 is 9.80 Å². The van der Waals surface area contributed by atoms with Crippen molar-refractivity contribution in [3.63, 3.8) is 0 Å². The third-order valence-electron chi connectivity index (χ3n) is 5.58. The van der Waals surface area contributed by atoms with Crippen LogP contribution in [0.15, 0.2) is 84.0 Å². The van der Waals surface area contributed by atoms with E-state index in [9.17, 15) is 5.26 Å². The highest BCUT2D eigenvalue weighted by molar-refractivity contribution is 7.93. The molecule has 4 heteroatoms. The first-order valence-corrected chi connectivity index (χ1v) is 12.3. The van der Waals surface area contributed by atoms with Gasteiger partial charge in [0.25, 0.3) is 0 Å². The molecule has 0 bridgehead atoms. The minimum atomic E-state index is -2.05. The van der Waals surface area contributed by atoms with Crippen molar-refractivity contribution in [2.24, 2.45) is 0 Å². The fraction of sp³-hybridized carbons (Fsp3) is 0.320. The first-order valence-electron chi connectivity index (χ1n) is 10.4. The standard InChI is InChI=1S/C25H31N3P/c1-4-29(22-13-7-5-8-14-22,23-15-9-6-10-16-23)25(21-26)24(17-20-27(2)3)28-18-11-12-19-28/h5-10,13-17,20H,4,11-12,18-19H2,1-3H3/q+1/b20-17+,25-24+. The quantitative estimate of drug-likeness (QED) is 0.384. The third kappa shape index (κ3) is 4.39. The Morgan fingerprint density at radius 1 is 1.00 bits per heavy atom. The van der Waals surface area contributed by atoms with Crippen molar-refractivity contribution < 1.29 is 0 Å². The van der Waals surface area contributed by atoms with Crippen LogP contribution in [-0.4, -0.2) is 43.1 Å². The second-order valence-electron chi connectivity index (χ2n) is 7.62. The van der Waals surface area contributed by atoms with Crippen molar-refractivity contribution in [2.45, 2.75) is 19.8 Å². The smallest absolute Gasteiger partial charge is 0.203 e. The van der Waals surface area contributed by atoms with Gasteiger partial charge in [0.05, 0.1) is 11.9 Å². The first-order chi connectivity index (χ1) is 14.1. The zero-order valence-corrected chi connectivity index (χ0v) is 18.6. The molecule has 1 heterocycles. The lowest BCUT2D eigenvalue weighted by Crippen LogP contribution is -2.29. The van der Waals surface area contributed by atoms with Gasteiger partial charge in [0.15, 0.2) is 0 Å². The Morgan fingerprint density at radius 2 is 1.52 bits per heavy atom. The van der Waals surface area contributed by atoms with Crippen LogP contribution in [0.4, 0.5) is 0 Å². The molecule has 0 spiro atoms. The topological polar surface area (TPSA) is 30.3 Å². The molecule has 1 aliphatic heterocycles. The Morgan fingerprint density at radius 3 is 1.93 bits per heavy atom. The molecule has 2 aromatic carbocycles. The number of benzene rings is 2. The summed E-state index contributed by atoms with van der Waals surface area (Å²) in [6.45, 7) is 4.28. The van der Waals surface area contributed by atoms with Crippen LogP contribution in [0.1, 0.15) is 19.8 Å². The van der Waals surface area contributed by atoms with Gasteiger partial charge in [0, 0.05) is 33.4 Å². The zero-order chi connectivity index (χ0) is 20.7. The largest absolute Gasteiger partial charge is 0.383 e. The van der Waals surface area contributed by atoms with Gasteiger partial charge in [0.2, 0.25) is 5.31 Å². The van der Waals surface area contributed by atoms with Gasteiger partial charge >= 0.3 is 0 Å². The van der Waals surface area contributed by atoms with Crippen LogP contribution in [-0.2, 0) is 0 Å². The van der Waals surface area contributed by atoms with E-state index in [0.717, 1.165) is 30.3 Å². The van der Waals surface area contributed by atoms with Crippen molar-refractivity contribution >= 4 is 17.9 Å². The zero-order valence-electron chi connectivity index (χ0n) is 17.8. The van der Waals surface area contributed by atoms with E-state index in [1.807, 2.05) is 19.0 Å². The summed E-state index contributed by atoms with van der Waals surface area (Å²) in [6.07, 6.45) is 7.53. The second kappa shape index (κ2) is 9.77. The van der Waals surface area contributed by atoms with E-state index in [2.05, 4.69) is 90.8 Å². The number of hydrogen-bond donors (Lipinski definition) is 0. The summed E-state index contributed by atoms with van der Waals surface area (Å²) in [7, 11) is 2.00. The summed E-state index contributed by atoms with van der Waals surface area (Å²) in [5.74, 6) is 0. The average molecular weight is 405 g/mol. The van der Waals surface area contributed by atoms with Crippen LogP contribution in [0, 0.1) is 11.3 Å². The summed E-state index contributed by atoms with van der Waals surface area (Å²) < 4.78 is 0. The van der Waals surface area contributed by atoms with E-state index in [4.69, 9.17) is 0 Å². The molecular formula is C25H31N3P+. The minimum absolute atomic E-state index is 0.928. The molecule has 1 saturated heterocycles. The molecule has 0 N–H and O–H groups in total. The summed E-state index contributed by atoms with van der Waals surface area (Å²) >= 11 is 0. The predicted molar refractivity (Wildman–Crippen MR) is 126 cm³/mol. The molecule has 29 heavy (non-hydrogen) atoms. The maximum Gasteiger partial charge on any atom is 0.203 e. The number of nitrogens with zero attached hydrogens (tertiary/aromatic N) is 3. The molecule has 150 valence electrons. The molecule has 3 nitrogen and oxygen atoms in total. The molecule has 1 aliphatic rings. The van der Waals surface area contributed by atoms with E-state index in [0.29, 0.717) is 0 Å². The van der Waals surface area contributed by atoms with E-state index in [-0.39, 0.29) is 0 Å². The van der Waals surface area contributed by atoms with Gasteiger partial charge in [-0.1, -0.05) is 36.4 Å². The molecule has 2 aromatic rings. The molecule has 0 radical (unpaired) electrons.